The van der Waals surface area contributed by atoms with Gasteiger partial charge in [-0.15, -0.1) is 0 Å². The molecule has 0 saturated carbocycles. The number of hydrogen-bond acceptors (Lipinski definition) is 8. The first kappa shape index (κ1) is 13.4. The van der Waals surface area contributed by atoms with Gasteiger partial charge in [-0.3, -0.25) is 0 Å². The van der Waals surface area contributed by atoms with E-state index in [0.717, 1.165) is 32.0 Å². The van der Waals surface area contributed by atoms with Crippen molar-refractivity contribution < 1.29 is 4.74 Å². The zero-order chi connectivity index (χ0) is 14.7. The maximum atomic E-state index is 5.53. The van der Waals surface area contributed by atoms with Crippen LogP contribution >= 0.6 is 0 Å². The molecule has 1 aliphatic rings. The van der Waals surface area contributed by atoms with Crippen molar-refractivity contribution in [3.05, 3.63) is 24.3 Å². The predicted octanol–water partition coefficient (Wildman–Crippen LogP) is 0.616. The highest BCUT2D eigenvalue weighted by Crippen LogP contribution is 2.20. The molecule has 0 aliphatic carbocycles. The maximum Gasteiger partial charge on any atom is 0.233 e. The standard InChI is InChI=1S/C13H17N7O/c14-11-17-12(15)19-13(18-11)16-9-1-3-10(4-2-9)20-5-7-21-8-6-20/h1-4H,5-8H2,(H5,14,15,16,17,18,19). The smallest absolute Gasteiger partial charge is 0.233 e. The van der Waals surface area contributed by atoms with E-state index in [4.69, 9.17) is 16.2 Å². The van der Waals surface area contributed by atoms with Crippen molar-refractivity contribution in [1.29, 1.82) is 0 Å². The number of nitrogens with zero attached hydrogens (tertiary/aromatic N) is 4. The van der Waals surface area contributed by atoms with Crippen LogP contribution in [0.4, 0.5) is 29.2 Å². The van der Waals surface area contributed by atoms with Crippen LogP contribution in [0.5, 0.6) is 0 Å². The topological polar surface area (TPSA) is 115 Å². The first-order valence-electron chi connectivity index (χ1n) is 6.67. The minimum absolute atomic E-state index is 0.0925. The fraction of sp³-hybridized carbons (Fsp3) is 0.308. The van der Waals surface area contributed by atoms with Gasteiger partial charge in [0.15, 0.2) is 0 Å². The zero-order valence-electron chi connectivity index (χ0n) is 11.5. The van der Waals surface area contributed by atoms with Gasteiger partial charge in [-0.1, -0.05) is 0 Å². The average molecular weight is 287 g/mol. The Bertz CT molecular complexity index is 590. The number of nitrogens with one attached hydrogen (secondary N) is 1. The second kappa shape index (κ2) is 5.80. The van der Waals surface area contributed by atoms with Crippen molar-refractivity contribution in [3.8, 4) is 0 Å². The first-order chi connectivity index (χ1) is 10.2. The summed E-state index contributed by atoms with van der Waals surface area (Å²) < 4.78 is 5.35. The molecular weight excluding hydrogens is 270 g/mol. The summed E-state index contributed by atoms with van der Waals surface area (Å²) >= 11 is 0. The summed E-state index contributed by atoms with van der Waals surface area (Å²) in [7, 11) is 0. The first-order valence-corrected chi connectivity index (χ1v) is 6.67. The molecule has 1 fully saturated rings. The Hall–Kier alpha value is -2.61. The Morgan fingerprint density at radius 2 is 1.57 bits per heavy atom. The van der Waals surface area contributed by atoms with E-state index < -0.39 is 0 Å². The van der Waals surface area contributed by atoms with Gasteiger partial charge in [-0.25, -0.2) is 0 Å². The van der Waals surface area contributed by atoms with Crippen LogP contribution in [-0.2, 0) is 4.74 Å². The van der Waals surface area contributed by atoms with E-state index in [1.165, 1.54) is 5.69 Å². The monoisotopic (exact) mass is 287 g/mol. The van der Waals surface area contributed by atoms with Gasteiger partial charge < -0.3 is 26.4 Å². The molecule has 1 aliphatic heterocycles. The van der Waals surface area contributed by atoms with Crippen LogP contribution in [0.15, 0.2) is 24.3 Å². The molecule has 1 aromatic heterocycles. The van der Waals surface area contributed by atoms with Crippen molar-refractivity contribution in [2.45, 2.75) is 0 Å². The molecule has 1 aromatic carbocycles. The van der Waals surface area contributed by atoms with E-state index in [9.17, 15) is 0 Å². The average Bonchev–Trinajstić information content (AvgIpc) is 2.48. The SMILES string of the molecule is Nc1nc(N)nc(Nc2ccc(N3CCOCC3)cc2)n1. The third-order valence-electron chi connectivity index (χ3n) is 3.17. The van der Waals surface area contributed by atoms with E-state index in [2.05, 4.69) is 25.2 Å². The van der Waals surface area contributed by atoms with E-state index in [0.29, 0.717) is 5.95 Å². The summed E-state index contributed by atoms with van der Waals surface area (Å²) in [4.78, 5) is 14.0. The molecule has 5 N–H and O–H groups in total. The number of aromatic nitrogens is 3. The van der Waals surface area contributed by atoms with Crippen molar-refractivity contribution in [1.82, 2.24) is 15.0 Å². The lowest BCUT2D eigenvalue weighted by Gasteiger charge is -2.28. The number of hydrogen-bond donors (Lipinski definition) is 3. The highest BCUT2D eigenvalue weighted by atomic mass is 16.5. The Morgan fingerprint density at radius 1 is 0.952 bits per heavy atom. The Morgan fingerprint density at radius 3 is 2.19 bits per heavy atom. The molecule has 110 valence electrons. The molecule has 8 heteroatoms. The highest BCUT2D eigenvalue weighted by Gasteiger charge is 2.11. The molecule has 2 aromatic rings. The summed E-state index contributed by atoms with van der Waals surface area (Å²) in [6.07, 6.45) is 0. The van der Waals surface area contributed by atoms with Crippen LogP contribution < -0.4 is 21.7 Å². The van der Waals surface area contributed by atoms with Gasteiger partial charge in [0.1, 0.15) is 0 Å². The van der Waals surface area contributed by atoms with E-state index in [1.54, 1.807) is 0 Å². The molecule has 3 rings (SSSR count). The van der Waals surface area contributed by atoms with Gasteiger partial charge in [0.2, 0.25) is 17.8 Å². The molecule has 2 heterocycles. The number of ether oxygens (including phenoxy) is 1. The predicted molar refractivity (Wildman–Crippen MR) is 81.4 cm³/mol. The summed E-state index contributed by atoms with van der Waals surface area (Å²) in [6, 6.07) is 8.01. The van der Waals surface area contributed by atoms with Crippen LogP contribution in [0.1, 0.15) is 0 Å². The second-order valence-electron chi connectivity index (χ2n) is 4.65. The lowest BCUT2D eigenvalue weighted by Crippen LogP contribution is -2.36. The minimum atomic E-state index is 0.0925. The van der Waals surface area contributed by atoms with Gasteiger partial charge in [0.05, 0.1) is 13.2 Å². The van der Waals surface area contributed by atoms with Crippen LogP contribution in [0.2, 0.25) is 0 Å². The molecular formula is C13H17N7O. The number of benzene rings is 1. The third-order valence-corrected chi connectivity index (χ3v) is 3.17. The quantitative estimate of drug-likeness (QED) is 0.752. The van der Waals surface area contributed by atoms with Crippen molar-refractivity contribution in [2.24, 2.45) is 0 Å². The van der Waals surface area contributed by atoms with E-state index in [1.807, 2.05) is 24.3 Å². The number of nitrogens with two attached hydrogens (primary N) is 2. The van der Waals surface area contributed by atoms with Gasteiger partial charge in [-0.05, 0) is 24.3 Å². The molecule has 0 atom stereocenters. The van der Waals surface area contributed by atoms with Crippen LogP contribution in [-0.4, -0.2) is 41.3 Å². The molecule has 21 heavy (non-hydrogen) atoms. The molecule has 0 bridgehead atoms. The number of anilines is 5. The fourth-order valence-corrected chi connectivity index (χ4v) is 2.17. The molecule has 1 saturated heterocycles. The largest absolute Gasteiger partial charge is 0.378 e. The Kier molecular flexibility index (Phi) is 3.69. The molecule has 0 radical (unpaired) electrons. The number of nitrogen functional groups attached to an aromatic ring is 2. The minimum Gasteiger partial charge on any atom is -0.378 e. The van der Waals surface area contributed by atoms with Gasteiger partial charge in [0.25, 0.3) is 0 Å². The second-order valence-corrected chi connectivity index (χ2v) is 4.65. The molecule has 0 spiro atoms. The van der Waals surface area contributed by atoms with E-state index >= 15 is 0 Å². The highest BCUT2D eigenvalue weighted by molar-refractivity contribution is 5.60. The van der Waals surface area contributed by atoms with E-state index in [-0.39, 0.29) is 11.9 Å². The lowest BCUT2D eigenvalue weighted by atomic mass is 10.2. The normalized spacial score (nSPS) is 15.0. The van der Waals surface area contributed by atoms with Gasteiger partial charge in [-0.2, -0.15) is 15.0 Å². The summed E-state index contributed by atoms with van der Waals surface area (Å²) in [5, 5.41) is 3.05. The Labute approximate surface area is 122 Å². The molecule has 0 unspecified atom stereocenters. The van der Waals surface area contributed by atoms with Crippen molar-refractivity contribution in [3.63, 3.8) is 0 Å². The number of morpholine rings is 1. The summed E-state index contributed by atoms with van der Waals surface area (Å²) in [6.45, 7) is 3.35. The van der Waals surface area contributed by atoms with Crippen molar-refractivity contribution in [2.75, 3.05) is 48.0 Å². The fourth-order valence-electron chi connectivity index (χ4n) is 2.17. The van der Waals surface area contributed by atoms with Crippen LogP contribution in [0.3, 0.4) is 0 Å². The van der Waals surface area contributed by atoms with Crippen LogP contribution in [0.25, 0.3) is 0 Å². The maximum absolute atomic E-state index is 5.53. The lowest BCUT2D eigenvalue weighted by molar-refractivity contribution is 0.122. The Balaban J connectivity index is 1.71. The molecule has 8 nitrogen and oxygen atoms in total. The third kappa shape index (κ3) is 3.29. The summed E-state index contributed by atoms with van der Waals surface area (Å²) in [5.74, 6) is 0.518. The van der Waals surface area contributed by atoms with Crippen LogP contribution in [0, 0.1) is 0 Å². The summed E-state index contributed by atoms with van der Waals surface area (Å²) in [5.41, 5.74) is 13.1. The number of rotatable bonds is 3. The van der Waals surface area contributed by atoms with Gasteiger partial charge in [0, 0.05) is 24.5 Å². The molecule has 0 amide bonds. The van der Waals surface area contributed by atoms with Crippen molar-refractivity contribution >= 4 is 29.2 Å². The zero-order valence-corrected chi connectivity index (χ0v) is 11.5. The van der Waals surface area contributed by atoms with Gasteiger partial charge >= 0.3 is 0 Å².